The van der Waals surface area contributed by atoms with Crippen molar-refractivity contribution in [1.82, 2.24) is 19.9 Å². The first-order chi connectivity index (χ1) is 14.7. The van der Waals surface area contributed by atoms with Gasteiger partial charge in [-0.05, 0) is 39.0 Å². The number of nitrogens with one attached hydrogen (secondary N) is 2. The first kappa shape index (κ1) is 20.9. The molecule has 7 nitrogen and oxygen atoms in total. The molecule has 10 heteroatoms. The predicted molar refractivity (Wildman–Crippen MR) is 115 cm³/mol. The van der Waals surface area contributed by atoms with Gasteiger partial charge < -0.3 is 15.4 Å². The van der Waals surface area contributed by atoms with Crippen LogP contribution in [0.4, 0.5) is 14.6 Å². The second kappa shape index (κ2) is 8.03. The van der Waals surface area contributed by atoms with E-state index in [1.807, 2.05) is 13.0 Å². The van der Waals surface area contributed by atoms with Crippen molar-refractivity contribution in [3.8, 4) is 22.0 Å². The monoisotopic (exact) mass is 443 g/mol. The Hall–Kier alpha value is -3.40. The van der Waals surface area contributed by atoms with E-state index in [2.05, 4.69) is 25.3 Å². The Labute approximate surface area is 180 Å². The molecule has 0 fully saturated rings. The van der Waals surface area contributed by atoms with Crippen LogP contribution in [-0.4, -0.2) is 37.1 Å². The molecule has 0 spiro atoms. The molecule has 0 radical (unpaired) electrons. The molecule has 0 aliphatic heterocycles. The standard InChI is InChI=1S/C21H19F2N5O2S/c1-9-4-5-15(31-9)17-16(23)20(26-11(3)10(2)21(29)30)28-19(27-17)14-8-25-18-13(14)6-12(22)7-24-18/h4-8,10-11H,1-3H3,(H,24,25)(H,29,30)(H,26,27,28)/t10-,11-/m0/s1. The maximum absolute atomic E-state index is 15.4. The molecule has 4 aromatic rings. The molecule has 0 saturated carbocycles. The van der Waals surface area contributed by atoms with Crippen molar-refractivity contribution >= 4 is 34.2 Å². The number of halogens is 2. The summed E-state index contributed by atoms with van der Waals surface area (Å²) in [4.78, 5) is 28.6. The maximum atomic E-state index is 15.4. The van der Waals surface area contributed by atoms with Gasteiger partial charge in [-0.1, -0.05) is 0 Å². The van der Waals surface area contributed by atoms with E-state index < -0.39 is 29.6 Å². The lowest BCUT2D eigenvalue weighted by Crippen LogP contribution is -2.30. The van der Waals surface area contributed by atoms with Gasteiger partial charge in [0.15, 0.2) is 17.5 Å². The largest absolute Gasteiger partial charge is 0.481 e. The summed E-state index contributed by atoms with van der Waals surface area (Å²) in [6.45, 7) is 5.07. The minimum atomic E-state index is -1.01. The zero-order valence-corrected chi connectivity index (χ0v) is 17.7. The number of hydrogen-bond acceptors (Lipinski definition) is 6. The number of aryl methyl sites for hydroxylation is 1. The Morgan fingerprint density at radius 1 is 1.26 bits per heavy atom. The molecule has 4 aromatic heterocycles. The third-order valence-electron chi connectivity index (χ3n) is 5.07. The van der Waals surface area contributed by atoms with Crippen molar-refractivity contribution in [3.63, 3.8) is 0 Å². The van der Waals surface area contributed by atoms with Gasteiger partial charge in [0.25, 0.3) is 0 Å². The van der Waals surface area contributed by atoms with Crippen LogP contribution in [0.25, 0.3) is 33.0 Å². The highest BCUT2D eigenvalue weighted by Crippen LogP contribution is 2.34. The number of anilines is 1. The van der Waals surface area contributed by atoms with Gasteiger partial charge in [0, 0.05) is 28.1 Å². The Morgan fingerprint density at radius 3 is 2.71 bits per heavy atom. The number of aromatic amines is 1. The lowest BCUT2D eigenvalue weighted by molar-refractivity contribution is -0.141. The summed E-state index contributed by atoms with van der Waals surface area (Å²) >= 11 is 1.37. The minimum absolute atomic E-state index is 0.0829. The molecule has 0 unspecified atom stereocenters. The van der Waals surface area contributed by atoms with Gasteiger partial charge in [-0.2, -0.15) is 0 Å². The van der Waals surface area contributed by atoms with E-state index in [0.29, 0.717) is 21.5 Å². The van der Waals surface area contributed by atoms with Crippen molar-refractivity contribution < 1.29 is 18.7 Å². The second-order valence-electron chi connectivity index (χ2n) is 7.28. The summed E-state index contributed by atoms with van der Waals surface area (Å²) in [6, 6.07) is 4.32. The highest BCUT2D eigenvalue weighted by atomic mass is 32.1. The highest BCUT2D eigenvalue weighted by Gasteiger charge is 2.24. The Balaban J connectivity index is 1.88. The first-order valence-electron chi connectivity index (χ1n) is 9.51. The fourth-order valence-corrected chi connectivity index (χ4v) is 3.96. The number of hydrogen-bond donors (Lipinski definition) is 3. The van der Waals surface area contributed by atoms with Crippen LogP contribution in [0.5, 0.6) is 0 Å². The Bertz CT molecular complexity index is 1290. The van der Waals surface area contributed by atoms with Gasteiger partial charge in [0.1, 0.15) is 17.2 Å². The van der Waals surface area contributed by atoms with Crippen LogP contribution in [-0.2, 0) is 4.79 Å². The zero-order valence-electron chi connectivity index (χ0n) is 16.9. The third kappa shape index (κ3) is 3.98. The lowest BCUT2D eigenvalue weighted by Gasteiger charge is -2.19. The van der Waals surface area contributed by atoms with Gasteiger partial charge in [-0.25, -0.2) is 23.7 Å². The average Bonchev–Trinajstić information content (AvgIpc) is 3.34. The average molecular weight is 443 g/mol. The van der Waals surface area contributed by atoms with Gasteiger partial charge in [0.2, 0.25) is 0 Å². The van der Waals surface area contributed by atoms with Gasteiger partial charge in [0.05, 0.1) is 17.0 Å². The summed E-state index contributed by atoms with van der Waals surface area (Å²) in [5, 5.41) is 12.6. The van der Waals surface area contributed by atoms with Crippen LogP contribution in [0.15, 0.2) is 30.6 Å². The number of carboxylic acid groups (broad SMARTS) is 1. The first-order valence-corrected chi connectivity index (χ1v) is 10.3. The van der Waals surface area contributed by atoms with E-state index in [0.717, 1.165) is 11.1 Å². The molecular formula is C21H19F2N5O2S. The number of H-pyrrole nitrogens is 1. The van der Waals surface area contributed by atoms with Crippen molar-refractivity contribution in [1.29, 1.82) is 0 Å². The van der Waals surface area contributed by atoms with E-state index >= 15 is 4.39 Å². The van der Waals surface area contributed by atoms with Crippen molar-refractivity contribution in [3.05, 3.63) is 47.1 Å². The molecule has 2 atom stereocenters. The molecule has 4 rings (SSSR count). The molecule has 0 aliphatic rings. The van der Waals surface area contributed by atoms with Crippen molar-refractivity contribution in [2.75, 3.05) is 5.32 Å². The number of carboxylic acids is 1. The molecule has 0 bridgehead atoms. The maximum Gasteiger partial charge on any atom is 0.308 e. The Kier molecular flexibility index (Phi) is 5.40. The van der Waals surface area contributed by atoms with Gasteiger partial charge in [-0.15, -0.1) is 11.3 Å². The summed E-state index contributed by atoms with van der Waals surface area (Å²) in [5.41, 5.74) is 0.984. The molecule has 31 heavy (non-hydrogen) atoms. The number of pyridine rings is 1. The van der Waals surface area contributed by atoms with Crippen LogP contribution in [0, 0.1) is 24.5 Å². The summed E-state index contributed by atoms with van der Waals surface area (Å²) in [7, 11) is 0. The number of aromatic nitrogens is 4. The smallest absolute Gasteiger partial charge is 0.308 e. The quantitative estimate of drug-likeness (QED) is 0.393. The normalized spacial score (nSPS) is 13.3. The number of rotatable bonds is 6. The molecule has 3 N–H and O–H groups in total. The van der Waals surface area contributed by atoms with Crippen molar-refractivity contribution in [2.45, 2.75) is 26.8 Å². The SMILES string of the molecule is Cc1ccc(-c2nc(-c3c[nH]c4ncc(F)cc34)nc(N[C@@H](C)[C@H](C)C(=O)O)c2F)s1. The number of fused-ring (bicyclic) bond motifs is 1. The second-order valence-corrected chi connectivity index (χ2v) is 8.57. The summed E-state index contributed by atoms with van der Waals surface area (Å²) < 4.78 is 29.2. The summed E-state index contributed by atoms with van der Waals surface area (Å²) in [6.07, 6.45) is 2.68. The summed E-state index contributed by atoms with van der Waals surface area (Å²) in [5.74, 6) is -2.95. The van der Waals surface area contributed by atoms with Gasteiger partial charge >= 0.3 is 5.97 Å². The molecule has 0 saturated heterocycles. The molecular weight excluding hydrogens is 424 g/mol. The van der Waals surface area contributed by atoms with Gasteiger partial charge in [-0.3, -0.25) is 4.79 Å². The Morgan fingerprint density at radius 2 is 2.03 bits per heavy atom. The fraction of sp³-hybridized carbons (Fsp3) is 0.238. The predicted octanol–water partition coefficient (Wildman–Crippen LogP) is 4.86. The topological polar surface area (TPSA) is 104 Å². The number of thiophene rings is 1. The van der Waals surface area contributed by atoms with Crippen LogP contribution in [0.3, 0.4) is 0 Å². The zero-order chi connectivity index (χ0) is 22.3. The van der Waals surface area contributed by atoms with E-state index in [9.17, 15) is 14.3 Å². The van der Waals surface area contributed by atoms with E-state index in [-0.39, 0.29) is 17.3 Å². The third-order valence-corrected chi connectivity index (χ3v) is 6.07. The van der Waals surface area contributed by atoms with Crippen LogP contribution >= 0.6 is 11.3 Å². The highest BCUT2D eigenvalue weighted by molar-refractivity contribution is 7.15. The fourth-order valence-electron chi connectivity index (χ4n) is 3.11. The van der Waals surface area contributed by atoms with Crippen molar-refractivity contribution in [2.24, 2.45) is 5.92 Å². The molecule has 4 heterocycles. The van der Waals surface area contributed by atoms with Crippen LogP contribution < -0.4 is 5.32 Å². The number of carbonyl (C=O) groups is 1. The molecule has 160 valence electrons. The van der Waals surface area contributed by atoms with E-state index in [1.54, 1.807) is 19.2 Å². The van der Waals surface area contributed by atoms with E-state index in [1.165, 1.54) is 24.3 Å². The minimum Gasteiger partial charge on any atom is -0.481 e. The molecule has 0 amide bonds. The van der Waals surface area contributed by atoms with Crippen LogP contribution in [0.2, 0.25) is 0 Å². The number of nitrogens with zero attached hydrogens (tertiary/aromatic N) is 3. The molecule has 0 aromatic carbocycles. The lowest BCUT2D eigenvalue weighted by atomic mass is 10.0. The number of aliphatic carboxylic acids is 1. The van der Waals surface area contributed by atoms with E-state index in [4.69, 9.17) is 0 Å². The molecule has 0 aliphatic carbocycles. The van der Waals surface area contributed by atoms with Crippen LogP contribution in [0.1, 0.15) is 18.7 Å².